The van der Waals surface area contributed by atoms with Gasteiger partial charge in [-0.3, -0.25) is 4.98 Å². The SMILES string of the molecule is Clc1c2c(nc3c[c]cc(N4CCCCCC4)c13)CCCC2. The van der Waals surface area contributed by atoms with E-state index in [1.807, 2.05) is 6.07 Å². The monoisotopic (exact) mass is 313 g/mol. The van der Waals surface area contributed by atoms with Crippen molar-refractivity contribution in [2.75, 3.05) is 18.0 Å². The molecule has 2 heterocycles. The van der Waals surface area contributed by atoms with E-state index in [9.17, 15) is 0 Å². The lowest BCUT2D eigenvalue weighted by atomic mass is 9.94. The molecule has 0 amide bonds. The molecule has 2 aliphatic rings. The van der Waals surface area contributed by atoms with Crippen LogP contribution in [0.25, 0.3) is 10.9 Å². The van der Waals surface area contributed by atoms with Crippen molar-refractivity contribution in [3.8, 4) is 0 Å². The Morgan fingerprint density at radius 2 is 1.73 bits per heavy atom. The first-order chi connectivity index (χ1) is 10.8. The maximum atomic E-state index is 6.84. The number of benzene rings is 1. The van der Waals surface area contributed by atoms with Gasteiger partial charge in [-0.1, -0.05) is 24.4 Å². The molecule has 2 aromatic rings. The van der Waals surface area contributed by atoms with Gasteiger partial charge in [-0.15, -0.1) is 0 Å². The zero-order valence-electron chi connectivity index (χ0n) is 13.0. The zero-order chi connectivity index (χ0) is 14.9. The van der Waals surface area contributed by atoms with Crippen LogP contribution in [0.1, 0.15) is 49.8 Å². The lowest BCUT2D eigenvalue weighted by Crippen LogP contribution is -2.24. The molecule has 0 spiro atoms. The molecule has 115 valence electrons. The Balaban J connectivity index is 1.88. The van der Waals surface area contributed by atoms with E-state index in [4.69, 9.17) is 16.6 Å². The minimum absolute atomic E-state index is 0.952. The summed E-state index contributed by atoms with van der Waals surface area (Å²) in [6.07, 6.45) is 9.83. The van der Waals surface area contributed by atoms with Crippen LogP contribution in [0.5, 0.6) is 0 Å². The first-order valence-corrected chi connectivity index (χ1v) is 8.98. The van der Waals surface area contributed by atoms with Crippen molar-refractivity contribution in [2.45, 2.75) is 51.4 Å². The first kappa shape index (κ1) is 14.3. The summed E-state index contributed by atoms with van der Waals surface area (Å²) in [5.41, 5.74) is 4.77. The Kier molecular flexibility index (Phi) is 3.96. The number of rotatable bonds is 1. The van der Waals surface area contributed by atoms with Crippen molar-refractivity contribution in [3.63, 3.8) is 0 Å². The number of halogens is 1. The summed E-state index contributed by atoms with van der Waals surface area (Å²) >= 11 is 6.84. The summed E-state index contributed by atoms with van der Waals surface area (Å²) in [5, 5.41) is 2.11. The van der Waals surface area contributed by atoms with Crippen LogP contribution in [-0.2, 0) is 12.8 Å². The summed E-state index contributed by atoms with van der Waals surface area (Å²) in [6, 6.07) is 7.40. The predicted molar refractivity (Wildman–Crippen MR) is 92.9 cm³/mol. The summed E-state index contributed by atoms with van der Waals surface area (Å²) in [5.74, 6) is 0. The number of nitrogens with zero attached hydrogens (tertiary/aromatic N) is 2. The minimum atomic E-state index is 0.952. The molecule has 1 aromatic carbocycles. The van der Waals surface area contributed by atoms with Crippen molar-refractivity contribution < 1.29 is 0 Å². The van der Waals surface area contributed by atoms with Gasteiger partial charge in [0.15, 0.2) is 0 Å². The van der Waals surface area contributed by atoms with Crippen LogP contribution in [0.2, 0.25) is 5.02 Å². The fourth-order valence-electron chi connectivity index (χ4n) is 3.89. The molecule has 2 nitrogen and oxygen atoms in total. The first-order valence-electron chi connectivity index (χ1n) is 8.60. The van der Waals surface area contributed by atoms with Crippen LogP contribution in [0.4, 0.5) is 5.69 Å². The molecule has 0 saturated carbocycles. The van der Waals surface area contributed by atoms with Gasteiger partial charge in [-0.2, -0.15) is 0 Å². The molecule has 1 aromatic heterocycles. The molecule has 0 N–H and O–H groups in total. The van der Waals surface area contributed by atoms with Gasteiger partial charge in [-0.25, -0.2) is 0 Å². The van der Waals surface area contributed by atoms with Gasteiger partial charge in [0.25, 0.3) is 0 Å². The van der Waals surface area contributed by atoms with Crippen molar-refractivity contribution in [1.82, 2.24) is 4.98 Å². The third-order valence-corrected chi connectivity index (χ3v) is 5.49. The fraction of sp³-hybridized carbons (Fsp3) is 0.526. The number of aryl methyl sites for hydroxylation is 1. The minimum Gasteiger partial charge on any atom is -0.371 e. The zero-order valence-corrected chi connectivity index (χ0v) is 13.8. The maximum absolute atomic E-state index is 6.84. The predicted octanol–water partition coefficient (Wildman–Crippen LogP) is 4.95. The smallest absolute Gasteiger partial charge is 0.0747 e. The number of aromatic nitrogens is 1. The van der Waals surface area contributed by atoms with E-state index in [1.165, 1.54) is 55.5 Å². The highest BCUT2D eigenvalue weighted by atomic mass is 35.5. The number of hydrogen-bond acceptors (Lipinski definition) is 2. The van der Waals surface area contributed by atoms with Gasteiger partial charge in [0.2, 0.25) is 0 Å². The summed E-state index contributed by atoms with van der Waals surface area (Å²) in [6.45, 7) is 2.25. The van der Waals surface area contributed by atoms with E-state index in [0.29, 0.717) is 0 Å². The van der Waals surface area contributed by atoms with Crippen LogP contribution in [0, 0.1) is 6.07 Å². The quantitative estimate of drug-likeness (QED) is 0.740. The van der Waals surface area contributed by atoms with Gasteiger partial charge < -0.3 is 4.90 Å². The topological polar surface area (TPSA) is 16.1 Å². The maximum Gasteiger partial charge on any atom is 0.0747 e. The average molecular weight is 314 g/mol. The molecule has 1 saturated heterocycles. The third kappa shape index (κ3) is 2.48. The van der Waals surface area contributed by atoms with Gasteiger partial charge >= 0.3 is 0 Å². The van der Waals surface area contributed by atoms with Crippen LogP contribution >= 0.6 is 11.6 Å². The van der Waals surface area contributed by atoms with Gasteiger partial charge in [0, 0.05) is 29.9 Å². The highest BCUT2D eigenvalue weighted by Gasteiger charge is 2.21. The lowest BCUT2D eigenvalue weighted by Gasteiger charge is -2.26. The molecule has 0 atom stereocenters. The molecule has 1 aliphatic carbocycles. The highest BCUT2D eigenvalue weighted by Crippen LogP contribution is 2.38. The Hall–Kier alpha value is -1.28. The van der Waals surface area contributed by atoms with E-state index >= 15 is 0 Å². The average Bonchev–Trinajstić information content (AvgIpc) is 2.84. The second-order valence-corrected chi connectivity index (χ2v) is 6.94. The Bertz CT molecular complexity index is 687. The molecule has 3 heteroatoms. The van der Waals surface area contributed by atoms with Gasteiger partial charge in [0.05, 0.1) is 10.5 Å². The van der Waals surface area contributed by atoms with E-state index in [-0.39, 0.29) is 0 Å². The van der Waals surface area contributed by atoms with Crippen molar-refractivity contribution in [2.24, 2.45) is 0 Å². The van der Waals surface area contributed by atoms with Crippen molar-refractivity contribution >= 4 is 28.2 Å². The molecular weight excluding hydrogens is 292 g/mol. The third-order valence-electron chi connectivity index (χ3n) is 5.08. The van der Waals surface area contributed by atoms with E-state index in [0.717, 1.165) is 41.9 Å². The lowest BCUT2D eigenvalue weighted by molar-refractivity contribution is 0.671. The second-order valence-electron chi connectivity index (χ2n) is 6.56. The Morgan fingerprint density at radius 3 is 2.55 bits per heavy atom. The second kappa shape index (κ2) is 6.08. The van der Waals surface area contributed by atoms with Crippen LogP contribution in [0.3, 0.4) is 0 Å². The van der Waals surface area contributed by atoms with Crippen LogP contribution in [0.15, 0.2) is 12.1 Å². The molecular formula is C19H22ClN2. The summed E-state index contributed by atoms with van der Waals surface area (Å²) < 4.78 is 0. The fourth-order valence-corrected chi connectivity index (χ4v) is 4.29. The summed E-state index contributed by atoms with van der Waals surface area (Å²) in [4.78, 5) is 7.41. The highest BCUT2D eigenvalue weighted by molar-refractivity contribution is 6.37. The molecule has 4 rings (SSSR count). The standard InChI is InChI=1S/C19H22ClN2/c20-19-14-8-3-4-9-15(14)21-16-10-7-11-17(18(16)19)22-12-5-1-2-6-13-22/h10-11H,1-6,8-9,12-13H2. The largest absolute Gasteiger partial charge is 0.371 e. The molecule has 0 bridgehead atoms. The van der Waals surface area contributed by atoms with Crippen molar-refractivity contribution in [1.29, 1.82) is 0 Å². The number of anilines is 1. The number of pyridine rings is 1. The Labute approximate surface area is 137 Å². The van der Waals surface area contributed by atoms with Gasteiger partial charge in [-0.05, 0) is 62.3 Å². The Morgan fingerprint density at radius 1 is 0.955 bits per heavy atom. The molecule has 1 fully saturated rings. The molecule has 1 radical (unpaired) electrons. The molecule has 22 heavy (non-hydrogen) atoms. The van der Waals surface area contributed by atoms with E-state index in [1.54, 1.807) is 0 Å². The normalized spacial score (nSPS) is 19.0. The van der Waals surface area contributed by atoms with E-state index < -0.39 is 0 Å². The van der Waals surface area contributed by atoms with Crippen LogP contribution < -0.4 is 4.90 Å². The van der Waals surface area contributed by atoms with Crippen molar-refractivity contribution in [3.05, 3.63) is 34.5 Å². The van der Waals surface area contributed by atoms with E-state index in [2.05, 4.69) is 17.0 Å². The van der Waals surface area contributed by atoms with Gasteiger partial charge in [0.1, 0.15) is 0 Å². The molecule has 1 aliphatic heterocycles. The van der Waals surface area contributed by atoms with Crippen LogP contribution in [-0.4, -0.2) is 18.1 Å². The number of fused-ring (bicyclic) bond motifs is 2. The number of hydrogen-bond donors (Lipinski definition) is 0. The molecule has 0 unspecified atom stereocenters. The summed E-state index contributed by atoms with van der Waals surface area (Å²) in [7, 11) is 0.